The highest BCUT2D eigenvalue weighted by molar-refractivity contribution is 5.17. The van der Waals surface area contributed by atoms with Crippen molar-refractivity contribution in [3.8, 4) is 0 Å². The molecule has 0 bridgehead atoms. The van der Waals surface area contributed by atoms with Gasteiger partial charge in [-0.3, -0.25) is 4.98 Å². The minimum Gasteiger partial charge on any atom is -0.316 e. The van der Waals surface area contributed by atoms with Crippen molar-refractivity contribution in [1.82, 2.24) is 10.3 Å². The third-order valence-corrected chi connectivity index (χ3v) is 3.54. The highest BCUT2D eigenvalue weighted by Crippen LogP contribution is 2.28. The fraction of sp³-hybridized carbons (Fsp3) is 0.667. The number of pyridine rings is 1. The molecule has 1 atom stereocenters. The Morgan fingerprint density at radius 1 is 1.12 bits per heavy atom. The third-order valence-electron chi connectivity index (χ3n) is 3.54. The summed E-state index contributed by atoms with van der Waals surface area (Å²) in [5.74, 6) is 1.39. The molecule has 1 rings (SSSR count). The summed E-state index contributed by atoms with van der Waals surface area (Å²) in [5, 5.41) is 3.56. The molecular formula is C15H26N2. The second-order valence-electron chi connectivity index (χ2n) is 4.67. The molecule has 0 aliphatic rings. The summed E-state index contributed by atoms with van der Waals surface area (Å²) in [7, 11) is 0. The number of nitrogens with zero attached hydrogens (tertiary/aromatic N) is 1. The van der Waals surface area contributed by atoms with Crippen molar-refractivity contribution in [3.05, 3.63) is 30.1 Å². The van der Waals surface area contributed by atoms with E-state index in [0.717, 1.165) is 19.0 Å². The van der Waals surface area contributed by atoms with E-state index < -0.39 is 0 Å². The second kappa shape index (κ2) is 8.24. The monoisotopic (exact) mass is 234 g/mol. The van der Waals surface area contributed by atoms with Crippen LogP contribution in [0.2, 0.25) is 0 Å². The summed E-state index contributed by atoms with van der Waals surface area (Å²) in [5.41, 5.74) is 1.43. The Morgan fingerprint density at radius 2 is 1.76 bits per heavy atom. The van der Waals surface area contributed by atoms with Crippen LogP contribution in [0.15, 0.2) is 24.5 Å². The van der Waals surface area contributed by atoms with Crippen LogP contribution in [0.5, 0.6) is 0 Å². The maximum Gasteiger partial charge on any atom is 0.0270 e. The minimum absolute atomic E-state index is 0.625. The second-order valence-corrected chi connectivity index (χ2v) is 4.67. The molecule has 1 heterocycles. The zero-order valence-electron chi connectivity index (χ0n) is 11.4. The van der Waals surface area contributed by atoms with E-state index in [1.54, 1.807) is 0 Å². The van der Waals surface area contributed by atoms with Gasteiger partial charge >= 0.3 is 0 Å². The van der Waals surface area contributed by atoms with Gasteiger partial charge in [-0.15, -0.1) is 0 Å². The Bertz CT molecular complexity index is 280. The van der Waals surface area contributed by atoms with Gasteiger partial charge in [-0.2, -0.15) is 0 Å². The SMILES string of the molecule is CCCNCC(c1ccncc1)C(CC)CC. The Kier molecular flexibility index (Phi) is 6.87. The van der Waals surface area contributed by atoms with E-state index in [0.29, 0.717) is 5.92 Å². The first-order valence-electron chi connectivity index (χ1n) is 6.94. The van der Waals surface area contributed by atoms with Gasteiger partial charge in [0.2, 0.25) is 0 Å². The molecule has 0 aromatic carbocycles. The van der Waals surface area contributed by atoms with E-state index >= 15 is 0 Å². The zero-order valence-corrected chi connectivity index (χ0v) is 11.4. The van der Waals surface area contributed by atoms with Crippen molar-refractivity contribution in [1.29, 1.82) is 0 Å². The normalized spacial score (nSPS) is 12.9. The summed E-state index contributed by atoms with van der Waals surface area (Å²) in [6, 6.07) is 4.33. The van der Waals surface area contributed by atoms with Gasteiger partial charge in [0.25, 0.3) is 0 Å². The lowest BCUT2D eigenvalue weighted by molar-refractivity contribution is 0.380. The number of hydrogen-bond acceptors (Lipinski definition) is 2. The van der Waals surface area contributed by atoms with E-state index in [1.807, 2.05) is 12.4 Å². The Hall–Kier alpha value is -0.890. The first-order valence-corrected chi connectivity index (χ1v) is 6.94. The van der Waals surface area contributed by atoms with Crippen LogP contribution in [0.4, 0.5) is 0 Å². The maximum absolute atomic E-state index is 4.11. The number of nitrogens with one attached hydrogen (secondary N) is 1. The maximum atomic E-state index is 4.11. The molecule has 0 fully saturated rings. The predicted octanol–water partition coefficient (Wildman–Crippen LogP) is 3.60. The van der Waals surface area contributed by atoms with E-state index in [4.69, 9.17) is 0 Å². The molecule has 17 heavy (non-hydrogen) atoms. The summed E-state index contributed by atoms with van der Waals surface area (Å²) < 4.78 is 0. The summed E-state index contributed by atoms with van der Waals surface area (Å²) >= 11 is 0. The van der Waals surface area contributed by atoms with Gasteiger partial charge in [0.1, 0.15) is 0 Å². The zero-order chi connectivity index (χ0) is 12.5. The molecule has 2 heteroatoms. The van der Waals surface area contributed by atoms with E-state index in [9.17, 15) is 0 Å². The predicted molar refractivity (Wildman–Crippen MR) is 74.2 cm³/mol. The van der Waals surface area contributed by atoms with Gasteiger partial charge in [-0.25, -0.2) is 0 Å². The number of rotatable bonds is 8. The van der Waals surface area contributed by atoms with Crippen LogP contribution in [-0.2, 0) is 0 Å². The first kappa shape index (κ1) is 14.2. The largest absolute Gasteiger partial charge is 0.316 e. The number of aromatic nitrogens is 1. The van der Waals surface area contributed by atoms with Crippen molar-refractivity contribution in [3.63, 3.8) is 0 Å². The molecule has 0 radical (unpaired) electrons. The molecule has 0 amide bonds. The minimum atomic E-state index is 0.625. The van der Waals surface area contributed by atoms with Crippen molar-refractivity contribution in [2.45, 2.75) is 46.0 Å². The highest BCUT2D eigenvalue weighted by atomic mass is 14.9. The smallest absolute Gasteiger partial charge is 0.0270 e. The molecule has 1 N–H and O–H groups in total. The quantitative estimate of drug-likeness (QED) is 0.695. The van der Waals surface area contributed by atoms with Gasteiger partial charge in [-0.05, 0) is 42.5 Å². The van der Waals surface area contributed by atoms with E-state index in [1.165, 1.54) is 24.8 Å². The molecule has 1 aromatic rings. The molecular weight excluding hydrogens is 208 g/mol. The summed E-state index contributed by atoms with van der Waals surface area (Å²) in [6.07, 6.45) is 7.51. The molecule has 1 aromatic heterocycles. The molecule has 96 valence electrons. The van der Waals surface area contributed by atoms with Crippen LogP contribution in [0.1, 0.15) is 51.5 Å². The molecule has 2 nitrogen and oxygen atoms in total. The van der Waals surface area contributed by atoms with Crippen LogP contribution in [0.3, 0.4) is 0 Å². The van der Waals surface area contributed by atoms with Crippen molar-refractivity contribution < 1.29 is 0 Å². The molecule has 0 aliphatic carbocycles. The lowest BCUT2D eigenvalue weighted by atomic mass is 9.83. The van der Waals surface area contributed by atoms with Crippen LogP contribution in [-0.4, -0.2) is 18.1 Å². The lowest BCUT2D eigenvalue weighted by Crippen LogP contribution is -2.27. The molecule has 0 saturated heterocycles. The average molecular weight is 234 g/mol. The van der Waals surface area contributed by atoms with Crippen molar-refractivity contribution >= 4 is 0 Å². The van der Waals surface area contributed by atoms with Gasteiger partial charge in [0.15, 0.2) is 0 Å². The van der Waals surface area contributed by atoms with Crippen LogP contribution in [0, 0.1) is 5.92 Å². The fourth-order valence-electron chi connectivity index (χ4n) is 2.46. The van der Waals surface area contributed by atoms with Crippen molar-refractivity contribution in [2.24, 2.45) is 5.92 Å². The molecule has 0 spiro atoms. The fourth-order valence-corrected chi connectivity index (χ4v) is 2.46. The molecule has 0 saturated carbocycles. The molecule has 0 aliphatic heterocycles. The molecule has 1 unspecified atom stereocenters. The Labute approximate surface area is 106 Å². The highest BCUT2D eigenvalue weighted by Gasteiger charge is 2.19. The Morgan fingerprint density at radius 3 is 2.29 bits per heavy atom. The third kappa shape index (κ3) is 4.47. The van der Waals surface area contributed by atoms with Gasteiger partial charge < -0.3 is 5.32 Å². The average Bonchev–Trinajstić information content (AvgIpc) is 2.39. The summed E-state index contributed by atoms with van der Waals surface area (Å²) in [4.78, 5) is 4.11. The van der Waals surface area contributed by atoms with Crippen LogP contribution >= 0.6 is 0 Å². The number of hydrogen-bond donors (Lipinski definition) is 1. The van der Waals surface area contributed by atoms with Gasteiger partial charge in [0.05, 0.1) is 0 Å². The van der Waals surface area contributed by atoms with Crippen LogP contribution in [0.25, 0.3) is 0 Å². The topological polar surface area (TPSA) is 24.9 Å². The first-order chi connectivity index (χ1) is 8.33. The standard InChI is InChI=1S/C15H26N2/c1-4-9-17-12-15(13(5-2)6-3)14-7-10-16-11-8-14/h7-8,10-11,13,15,17H,4-6,9,12H2,1-3H3. The Balaban J connectivity index is 2.71. The summed E-state index contributed by atoms with van der Waals surface area (Å²) in [6.45, 7) is 9.00. The van der Waals surface area contributed by atoms with E-state index in [2.05, 4.69) is 43.2 Å². The lowest BCUT2D eigenvalue weighted by Gasteiger charge is -2.26. The van der Waals surface area contributed by atoms with E-state index in [-0.39, 0.29) is 0 Å². The van der Waals surface area contributed by atoms with Gasteiger partial charge in [0, 0.05) is 18.9 Å². The van der Waals surface area contributed by atoms with Crippen molar-refractivity contribution in [2.75, 3.05) is 13.1 Å². The van der Waals surface area contributed by atoms with Gasteiger partial charge in [-0.1, -0.05) is 33.6 Å². The van der Waals surface area contributed by atoms with Crippen LogP contribution < -0.4 is 5.32 Å².